The number of aromatic nitrogens is 2. The number of hydrogen-bond acceptors (Lipinski definition) is 2. The molecular weight excluding hydrogens is 319 g/mol. The van der Waals surface area contributed by atoms with Gasteiger partial charge in [-0.3, -0.25) is 0 Å². The van der Waals surface area contributed by atoms with Gasteiger partial charge in [0.25, 0.3) is 0 Å². The number of para-hydroxylation sites is 2. The largest absolute Gasteiger partial charge is 0.338 e. The fourth-order valence-corrected chi connectivity index (χ4v) is 2.70. The van der Waals surface area contributed by atoms with E-state index in [1.54, 1.807) is 12.1 Å². The van der Waals surface area contributed by atoms with E-state index in [4.69, 9.17) is 0 Å². The zero-order valence-corrected chi connectivity index (χ0v) is 14.1. The Kier molecular flexibility index (Phi) is 5.28. The molecule has 130 valence electrons. The molecule has 0 saturated heterocycles. The smallest absolute Gasteiger partial charge is 0.314 e. The van der Waals surface area contributed by atoms with Crippen LogP contribution in [0.25, 0.3) is 22.4 Å². The normalized spacial score (nSPS) is 10.8. The summed E-state index contributed by atoms with van der Waals surface area (Å²) in [4.78, 5) is 16.4. The molecule has 3 aromatic rings. The topological polar surface area (TPSA) is 59.0 Å². The van der Waals surface area contributed by atoms with Crippen LogP contribution in [0.5, 0.6) is 0 Å². The third-order valence-corrected chi connectivity index (χ3v) is 3.91. The van der Waals surface area contributed by atoms with Gasteiger partial charge in [-0.2, -0.15) is 0 Å². The number of nitrogens with one attached hydrogen (secondary N) is 2. The molecule has 0 atom stereocenters. The van der Waals surface area contributed by atoms with Gasteiger partial charge in [0.2, 0.25) is 0 Å². The van der Waals surface area contributed by atoms with E-state index >= 15 is 0 Å². The maximum absolute atomic E-state index is 13.2. The summed E-state index contributed by atoms with van der Waals surface area (Å²) in [6, 6.07) is 13.9. The molecule has 2 amide bonds. The quantitative estimate of drug-likeness (QED) is 0.721. The van der Waals surface area contributed by atoms with E-state index in [0.29, 0.717) is 19.6 Å². The van der Waals surface area contributed by atoms with E-state index in [1.807, 2.05) is 35.8 Å². The molecular formula is C19H21FN4O. The van der Waals surface area contributed by atoms with Gasteiger partial charge >= 0.3 is 6.03 Å². The molecule has 0 aliphatic heterocycles. The number of carbonyl (C=O) groups excluding carboxylic acids is 1. The van der Waals surface area contributed by atoms with Gasteiger partial charge in [-0.15, -0.1) is 0 Å². The Morgan fingerprint density at radius 2 is 1.80 bits per heavy atom. The zero-order chi connectivity index (χ0) is 17.6. The molecule has 6 heteroatoms. The van der Waals surface area contributed by atoms with Crippen LogP contribution in [0.15, 0.2) is 48.5 Å². The van der Waals surface area contributed by atoms with Gasteiger partial charge in [0.1, 0.15) is 11.6 Å². The van der Waals surface area contributed by atoms with E-state index in [-0.39, 0.29) is 11.8 Å². The Bertz CT molecular complexity index is 857. The molecule has 0 saturated carbocycles. The van der Waals surface area contributed by atoms with Crippen molar-refractivity contribution in [3.05, 3.63) is 54.3 Å². The van der Waals surface area contributed by atoms with Crippen LogP contribution in [-0.2, 0) is 6.54 Å². The minimum Gasteiger partial charge on any atom is -0.338 e. The maximum Gasteiger partial charge on any atom is 0.314 e. The van der Waals surface area contributed by atoms with Crippen molar-refractivity contribution in [1.29, 1.82) is 0 Å². The van der Waals surface area contributed by atoms with Crippen LogP contribution < -0.4 is 10.6 Å². The highest BCUT2D eigenvalue weighted by molar-refractivity contribution is 5.80. The Labute approximate surface area is 145 Å². The van der Waals surface area contributed by atoms with Crippen LogP contribution in [0.2, 0.25) is 0 Å². The van der Waals surface area contributed by atoms with E-state index < -0.39 is 0 Å². The van der Waals surface area contributed by atoms with Crippen LogP contribution in [0.4, 0.5) is 9.18 Å². The third kappa shape index (κ3) is 3.96. The Morgan fingerprint density at radius 3 is 2.56 bits per heavy atom. The lowest BCUT2D eigenvalue weighted by Gasteiger charge is -2.11. The first-order chi connectivity index (χ1) is 12.2. The standard InChI is InChI=1S/C19H21FN4O/c1-2-11-21-19(25)22-12-13-24-17-6-4-3-5-16(17)23-18(24)14-7-9-15(20)10-8-14/h3-10H,2,11-13H2,1H3,(H2,21,22,25). The van der Waals surface area contributed by atoms with Gasteiger partial charge < -0.3 is 15.2 Å². The van der Waals surface area contributed by atoms with Gasteiger partial charge in [-0.1, -0.05) is 19.1 Å². The van der Waals surface area contributed by atoms with Crippen molar-refractivity contribution in [3.63, 3.8) is 0 Å². The van der Waals surface area contributed by atoms with Crippen molar-refractivity contribution in [2.45, 2.75) is 19.9 Å². The first kappa shape index (κ1) is 17.0. The number of carbonyl (C=O) groups is 1. The SMILES string of the molecule is CCCNC(=O)NCCn1c(-c2ccc(F)cc2)nc2ccccc21. The van der Waals surface area contributed by atoms with Gasteiger partial charge in [-0.25, -0.2) is 14.2 Å². The summed E-state index contributed by atoms with van der Waals surface area (Å²) in [5.41, 5.74) is 2.70. The number of halogens is 1. The lowest BCUT2D eigenvalue weighted by atomic mass is 10.2. The highest BCUT2D eigenvalue weighted by Gasteiger charge is 2.12. The molecule has 25 heavy (non-hydrogen) atoms. The lowest BCUT2D eigenvalue weighted by Crippen LogP contribution is -2.37. The first-order valence-electron chi connectivity index (χ1n) is 8.42. The van der Waals surface area contributed by atoms with Crippen LogP contribution in [-0.4, -0.2) is 28.7 Å². The monoisotopic (exact) mass is 340 g/mol. The fourth-order valence-electron chi connectivity index (χ4n) is 2.70. The van der Waals surface area contributed by atoms with Gasteiger partial charge in [0.15, 0.2) is 0 Å². The molecule has 5 nitrogen and oxygen atoms in total. The van der Waals surface area contributed by atoms with E-state index in [0.717, 1.165) is 28.8 Å². The molecule has 3 rings (SSSR count). The highest BCUT2D eigenvalue weighted by atomic mass is 19.1. The van der Waals surface area contributed by atoms with Crippen molar-refractivity contribution in [2.24, 2.45) is 0 Å². The molecule has 2 N–H and O–H groups in total. The Balaban J connectivity index is 1.83. The van der Waals surface area contributed by atoms with E-state index in [2.05, 4.69) is 15.6 Å². The molecule has 1 aromatic heterocycles. The van der Waals surface area contributed by atoms with Gasteiger partial charge in [0, 0.05) is 25.2 Å². The van der Waals surface area contributed by atoms with Crippen molar-refractivity contribution < 1.29 is 9.18 Å². The number of nitrogens with zero attached hydrogens (tertiary/aromatic N) is 2. The second-order valence-electron chi connectivity index (χ2n) is 5.77. The van der Waals surface area contributed by atoms with Crippen LogP contribution in [0, 0.1) is 5.82 Å². The zero-order valence-electron chi connectivity index (χ0n) is 14.1. The molecule has 2 aromatic carbocycles. The summed E-state index contributed by atoms with van der Waals surface area (Å²) < 4.78 is 15.3. The Hall–Kier alpha value is -2.89. The predicted molar refractivity (Wildman–Crippen MR) is 96.8 cm³/mol. The van der Waals surface area contributed by atoms with Crippen LogP contribution >= 0.6 is 0 Å². The average Bonchev–Trinajstić information content (AvgIpc) is 2.99. The van der Waals surface area contributed by atoms with Crippen molar-refractivity contribution in [1.82, 2.24) is 20.2 Å². The Morgan fingerprint density at radius 1 is 1.08 bits per heavy atom. The van der Waals surface area contributed by atoms with Crippen molar-refractivity contribution in [3.8, 4) is 11.4 Å². The second kappa shape index (κ2) is 7.79. The van der Waals surface area contributed by atoms with Gasteiger partial charge in [0.05, 0.1) is 11.0 Å². The van der Waals surface area contributed by atoms with Crippen LogP contribution in [0.1, 0.15) is 13.3 Å². The summed E-state index contributed by atoms with van der Waals surface area (Å²) in [6.07, 6.45) is 0.897. The average molecular weight is 340 g/mol. The number of urea groups is 1. The summed E-state index contributed by atoms with van der Waals surface area (Å²) in [6.45, 7) is 3.71. The molecule has 0 aliphatic carbocycles. The number of amides is 2. The van der Waals surface area contributed by atoms with Crippen LogP contribution in [0.3, 0.4) is 0 Å². The van der Waals surface area contributed by atoms with Crippen molar-refractivity contribution in [2.75, 3.05) is 13.1 Å². The molecule has 0 radical (unpaired) electrons. The molecule has 0 unspecified atom stereocenters. The minimum absolute atomic E-state index is 0.172. The molecule has 0 spiro atoms. The summed E-state index contributed by atoms with van der Waals surface area (Å²) in [5.74, 6) is 0.484. The summed E-state index contributed by atoms with van der Waals surface area (Å²) in [5, 5.41) is 5.64. The number of rotatable bonds is 6. The number of fused-ring (bicyclic) bond motifs is 1. The molecule has 1 heterocycles. The predicted octanol–water partition coefficient (Wildman–Crippen LogP) is 3.55. The van der Waals surface area contributed by atoms with Gasteiger partial charge in [-0.05, 0) is 42.8 Å². The fraction of sp³-hybridized carbons (Fsp3) is 0.263. The molecule has 0 bridgehead atoms. The summed E-state index contributed by atoms with van der Waals surface area (Å²) >= 11 is 0. The second-order valence-corrected chi connectivity index (χ2v) is 5.77. The summed E-state index contributed by atoms with van der Waals surface area (Å²) in [7, 11) is 0. The van der Waals surface area contributed by atoms with Crippen molar-refractivity contribution >= 4 is 17.1 Å². The third-order valence-electron chi connectivity index (χ3n) is 3.91. The lowest BCUT2D eigenvalue weighted by molar-refractivity contribution is 0.240. The number of benzene rings is 2. The maximum atomic E-state index is 13.2. The van der Waals surface area contributed by atoms with E-state index in [9.17, 15) is 9.18 Å². The molecule has 0 fully saturated rings. The first-order valence-corrected chi connectivity index (χ1v) is 8.42. The van der Waals surface area contributed by atoms with E-state index in [1.165, 1.54) is 12.1 Å². The minimum atomic E-state index is -0.277. The molecule has 0 aliphatic rings. The highest BCUT2D eigenvalue weighted by Crippen LogP contribution is 2.24. The number of hydrogen-bond donors (Lipinski definition) is 2. The number of imidazole rings is 1.